The highest BCUT2D eigenvalue weighted by Crippen LogP contribution is 2.22. The van der Waals surface area contributed by atoms with Crippen molar-refractivity contribution in [1.82, 2.24) is 4.90 Å². The molecule has 1 amide bonds. The van der Waals surface area contributed by atoms with Gasteiger partial charge in [-0.05, 0) is 17.2 Å². The maximum Gasteiger partial charge on any atom is 0.247 e. The summed E-state index contributed by atoms with van der Waals surface area (Å²) >= 11 is 0. The van der Waals surface area contributed by atoms with Crippen LogP contribution in [0.5, 0.6) is 0 Å². The summed E-state index contributed by atoms with van der Waals surface area (Å²) in [5.41, 5.74) is 7.75. The van der Waals surface area contributed by atoms with E-state index in [0.717, 1.165) is 11.1 Å². The molecule has 0 bridgehead atoms. The van der Waals surface area contributed by atoms with Crippen LogP contribution < -0.4 is 5.73 Å². The van der Waals surface area contributed by atoms with Crippen molar-refractivity contribution in [2.45, 2.75) is 6.04 Å². The Morgan fingerprint density at radius 3 is 2.86 bits per heavy atom. The van der Waals surface area contributed by atoms with Gasteiger partial charge >= 0.3 is 0 Å². The zero-order valence-corrected chi connectivity index (χ0v) is 7.97. The Kier molecular flexibility index (Phi) is 2.09. The molecule has 14 heavy (non-hydrogen) atoms. The highest BCUT2D eigenvalue weighted by Gasteiger charge is 2.22. The molecule has 1 aliphatic rings. The van der Waals surface area contributed by atoms with Gasteiger partial charge < -0.3 is 10.6 Å². The predicted molar refractivity (Wildman–Crippen MR) is 55.2 cm³/mol. The zero-order chi connectivity index (χ0) is 10.1. The summed E-state index contributed by atoms with van der Waals surface area (Å²) in [5, 5.41) is 0. The molecular formula is C11H12N2O. The maximum absolute atomic E-state index is 11.7. The van der Waals surface area contributed by atoms with Gasteiger partial charge in [-0.15, -0.1) is 0 Å². The lowest BCUT2D eigenvalue weighted by Gasteiger charge is -2.15. The summed E-state index contributed by atoms with van der Waals surface area (Å²) in [6.45, 7) is 0. The Morgan fingerprint density at radius 1 is 1.36 bits per heavy atom. The lowest BCUT2D eigenvalue weighted by atomic mass is 10.0. The summed E-state index contributed by atoms with van der Waals surface area (Å²) in [6.07, 6.45) is 3.65. The second-order valence-corrected chi connectivity index (χ2v) is 3.37. The SMILES string of the molecule is CN1C=Cc2ccccc2C(N)C1=O. The number of hydrogen-bond acceptors (Lipinski definition) is 2. The van der Waals surface area contributed by atoms with Crippen molar-refractivity contribution < 1.29 is 4.79 Å². The Hall–Kier alpha value is -1.61. The number of rotatable bonds is 0. The summed E-state index contributed by atoms with van der Waals surface area (Å²) in [5.74, 6) is -0.0776. The van der Waals surface area contributed by atoms with Gasteiger partial charge in [0.15, 0.2) is 0 Å². The van der Waals surface area contributed by atoms with Crippen molar-refractivity contribution in [3.63, 3.8) is 0 Å². The highest BCUT2D eigenvalue weighted by atomic mass is 16.2. The van der Waals surface area contributed by atoms with E-state index in [1.54, 1.807) is 13.2 Å². The average molecular weight is 188 g/mol. The molecular weight excluding hydrogens is 176 g/mol. The number of nitrogens with zero attached hydrogens (tertiary/aromatic N) is 1. The van der Waals surface area contributed by atoms with Crippen molar-refractivity contribution in [3.05, 3.63) is 41.6 Å². The number of carbonyl (C=O) groups is 1. The van der Waals surface area contributed by atoms with Gasteiger partial charge in [-0.1, -0.05) is 24.3 Å². The third-order valence-electron chi connectivity index (χ3n) is 2.42. The first-order chi connectivity index (χ1) is 6.70. The molecule has 0 aliphatic carbocycles. The molecule has 1 unspecified atom stereocenters. The molecule has 3 nitrogen and oxygen atoms in total. The molecule has 0 saturated carbocycles. The van der Waals surface area contributed by atoms with Gasteiger partial charge in [0.1, 0.15) is 6.04 Å². The molecule has 1 atom stereocenters. The van der Waals surface area contributed by atoms with Gasteiger partial charge in [0, 0.05) is 13.2 Å². The highest BCUT2D eigenvalue weighted by molar-refractivity contribution is 5.87. The van der Waals surface area contributed by atoms with Gasteiger partial charge in [0.2, 0.25) is 5.91 Å². The van der Waals surface area contributed by atoms with Crippen molar-refractivity contribution in [3.8, 4) is 0 Å². The van der Waals surface area contributed by atoms with Gasteiger partial charge in [0.05, 0.1) is 0 Å². The van der Waals surface area contributed by atoms with Gasteiger partial charge in [-0.2, -0.15) is 0 Å². The van der Waals surface area contributed by atoms with E-state index in [4.69, 9.17) is 5.73 Å². The monoisotopic (exact) mass is 188 g/mol. The van der Waals surface area contributed by atoms with E-state index < -0.39 is 6.04 Å². The minimum atomic E-state index is -0.550. The first-order valence-electron chi connectivity index (χ1n) is 4.49. The number of benzene rings is 1. The molecule has 2 rings (SSSR count). The van der Waals surface area contributed by atoms with Crippen LogP contribution in [0.25, 0.3) is 6.08 Å². The van der Waals surface area contributed by atoms with Crippen molar-refractivity contribution in [2.75, 3.05) is 7.05 Å². The zero-order valence-electron chi connectivity index (χ0n) is 7.97. The standard InChI is InChI=1S/C11H12N2O/c1-13-7-6-8-4-2-3-5-9(8)10(12)11(13)14/h2-7,10H,12H2,1H3. The van der Waals surface area contributed by atoms with Crippen LogP contribution in [0.3, 0.4) is 0 Å². The number of nitrogens with two attached hydrogens (primary N) is 1. The number of carbonyl (C=O) groups excluding carboxylic acids is 1. The molecule has 0 spiro atoms. The third-order valence-corrected chi connectivity index (χ3v) is 2.42. The summed E-state index contributed by atoms with van der Waals surface area (Å²) < 4.78 is 0. The van der Waals surface area contributed by atoms with Gasteiger partial charge in [-0.3, -0.25) is 4.79 Å². The molecule has 0 fully saturated rings. The molecule has 1 aromatic carbocycles. The topological polar surface area (TPSA) is 46.3 Å². The minimum Gasteiger partial charge on any atom is -0.320 e. The number of fused-ring (bicyclic) bond motifs is 1. The molecule has 72 valence electrons. The van der Waals surface area contributed by atoms with E-state index in [-0.39, 0.29) is 5.91 Å². The number of likely N-dealkylation sites (N-methyl/N-ethyl adjacent to an activating group) is 1. The van der Waals surface area contributed by atoms with Crippen LogP contribution in [0.15, 0.2) is 30.5 Å². The van der Waals surface area contributed by atoms with Crippen molar-refractivity contribution in [2.24, 2.45) is 5.73 Å². The lowest BCUT2D eigenvalue weighted by molar-refractivity contribution is -0.128. The second kappa shape index (κ2) is 3.27. The normalized spacial score (nSPS) is 20.6. The predicted octanol–water partition coefficient (Wildman–Crippen LogP) is 1.13. The fourth-order valence-electron chi connectivity index (χ4n) is 1.56. The van der Waals surface area contributed by atoms with Crippen LogP contribution in [0.4, 0.5) is 0 Å². The van der Waals surface area contributed by atoms with E-state index in [9.17, 15) is 4.79 Å². The lowest BCUT2D eigenvalue weighted by Crippen LogP contribution is -2.31. The first kappa shape index (κ1) is 8.97. The van der Waals surface area contributed by atoms with Crippen LogP contribution in [-0.4, -0.2) is 17.9 Å². The Balaban J connectivity index is 2.54. The minimum absolute atomic E-state index is 0.0776. The van der Waals surface area contributed by atoms with Crippen LogP contribution in [0.2, 0.25) is 0 Å². The molecule has 2 N–H and O–H groups in total. The van der Waals surface area contributed by atoms with Gasteiger partial charge in [-0.25, -0.2) is 0 Å². The van der Waals surface area contributed by atoms with E-state index in [2.05, 4.69) is 0 Å². The van der Waals surface area contributed by atoms with Crippen molar-refractivity contribution in [1.29, 1.82) is 0 Å². The van der Waals surface area contributed by atoms with Crippen LogP contribution in [-0.2, 0) is 4.79 Å². The average Bonchev–Trinajstić information content (AvgIpc) is 2.32. The largest absolute Gasteiger partial charge is 0.320 e. The first-order valence-corrected chi connectivity index (χ1v) is 4.49. The summed E-state index contributed by atoms with van der Waals surface area (Å²) in [6, 6.07) is 7.13. The smallest absolute Gasteiger partial charge is 0.247 e. The summed E-state index contributed by atoms with van der Waals surface area (Å²) in [4.78, 5) is 13.2. The maximum atomic E-state index is 11.7. The number of hydrogen-bond donors (Lipinski definition) is 1. The van der Waals surface area contributed by atoms with E-state index in [0.29, 0.717) is 0 Å². The van der Waals surface area contributed by atoms with Crippen LogP contribution in [0.1, 0.15) is 17.2 Å². The van der Waals surface area contributed by atoms with E-state index >= 15 is 0 Å². The molecule has 1 aliphatic heterocycles. The molecule has 1 heterocycles. The van der Waals surface area contributed by atoms with E-state index in [1.165, 1.54) is 4.90 Å². The molecule has 0 radical (unpaired) electrons. The molecule has 0 saturated heterocycles. The van der Waals surface area contributed by atoms with Gasteiger partial charge in [0.25, 0.3) is 0 Å². The third kappa shape index (κ3) is 1.32. The fraction of sp³-hybridized carbons (Fsp3) is 0.182. The van der Waals surface area contributed by atoms with Crippen LogP contribution in [0, 0.1) is 0 Å². The Labute approximate surface area is 82.8 Å². The Bertz CT molecular complexity index is 398. The Morgan fingerprint density at radius 2 is 2.07 bits per heavy atom. The molecule has 1 aromatic rings. The van der Waals surface area contributed by atoms with Crippen molar-refractivity contribution >= 4 is 12.0 Å². The molecule has 3 heteroatoms. The number of amides is 1. The van der Waals surface area contributed by atoms with Crippen LogP contribution >= 0.6 is 0 Å². The fourth-order valence-corrected chi connectivity index (χ4v) is 1.56. The van der Waals surface area contributed by atoms with E-state index in [1.807, 2.05) is 30.3 Å². The quantitative estimate of drug-likeness (QED) is 0.663. The summed E-state index contributed by atoms with van der Waals surface area (Å²) in [7, 11) is 1.71. The second-order valence-electron chi connectivity index (χ2n) is 3.37. The molecule has 0 aromatic heterocycles.